The van der Waals surface area contributed by atoms with Crippen molar-refractivity contribution in [2.45, 2.75) is 25.8 Å². The van der Waals surface area contributed by atoms with E-state index in [0.717, 1.165) is 21.9 Å². The van der Waals surface area contributed by atoms with Crippen LogP contribution in [0.4, 0.5) is 10.1 Å². The summed E-state index contributed by atoms with van der Waals surface area (Å²) in [5.41, 5.74) is 0.472. The predicted molar refractivity (Wildman–Crippen MR) is 76.7 cm³/mol. The summed E-state index contributed by atoms with van der Waals surface area (Å²) >= 11 is 3.33. The fourth-order valence-corrected chi connectivity index (χ4v) is 2.73. The second kappa shape index (κ2) is 5.00. The minimum Gasteiger partial charge on any atom is -0.464 e. The van der Waals surface area contributed by atoms with Crippen LogP contribution in [0, 0.1) is 11.7 Å². The van der Waals surface area contributed by atoms with E-state index in [4.69, 9.17) is 4.42 Å². The number of benzene rings is 1. The second-order valence-electron chi connectivity index (χ2n) is 5.07. The normalized spacial score (nSPS) is 21.4. The lowest BCUT2D eigenvalue weighted by Crippen LogP contribution is -2.01. The average Bonchev–Trinajstić information content (AvgIpc) is 2.92. The monoisotopic (exact) mass is 323 g/mol. The van der Waals surface area contributed by atoms with E-state index in [2.05, 4.69) is 28.2 Å². The molecule has 3 rings (SSSR count). The molecule has 1 aliphatic rings. The number of hydrogen-bond acceptors (Lipinski definition) is 2. The Labute approximate surface area is 120 Å². The number of rotatable bonds is 4. The van der Waals surface area contributed by atoms with Crippen LogP contribution in [0.25, 0.3) is 0 Å². The molecule has 1 aliphatic carbocycles. The van der Waals surface area contributed by atoms with E-state index in [-0.39, 0.29) is 5.82 Å². The summed E-state index contributed by atoms with van der Waals surface area (Å²) in [6.07, 6.45) is 1.21. The molecule has 1 fully saturated rings. The Morgan fingerprint density at radius 2 is 2.16 bits per heavy atom. The first-order valence-corrected chi connectivity index (χ1v) is 7.21. The Morgan fingerprint density at radius 3 is 2.84 bits per heavy atom. The summed E-state index contributed by atoms with van der Waals surface area (Å²) in [5.74, 6) is 2.93. The maximum absolute atomic E-state index is 13.6. The zero-order chi connectivity index (χ0) is 13.4. The first-order chi connectivity index (χ1) is 9.15. The molecule has 4 heteroatoms. The van der Waals surface area contributed by atoms with Crippen molar-refractivity contribution in [1.29, 1.82) is 0 Å². The topological polar surface area (TPSA) is 25.2 Å². The van der Waals surface area contributed by atoms with Crippen molar-refractivity contribution in [3.63, 3.8) is 0 Å². The highest BCUT2D eigenvalue weighted by atomic mass is 79.9. The summed E-state index contributed by atoms with van der Waals surface area (Å²) < 4.78 is 20.1. The third-order valence-corrected chi connectivity index (χ3v) is 4.22. The number of nitrogens with one attached hydrogen (secondary N) is 1. The van der Waals surface area contributed by atoms with Gasteiger partial charge in [0.25, 0.3) is 0 Å². The Balaban J connectivity index is 1.67. The Kier molecular flexibility index (Phi) is 3.35. The first-order valence-electron chi connectivity index (χ1n) is 6.41. The molecule has 0 aliphatic heterocycles. The van der Waals surface area contributed by atoms with Gasteiger partial charge in [0.15, 0.2) is 0 Å². The molecular weight excluding hydrogens is 309 g/mol. The van der Waals surface area contributed by atoms with E-state index in [9.17, 15) is 4.39 Å². The van der Waals surface area contributed by atoms with Crippen molar-refractivity contribution in [1.82, 2.24) is 0 Å². The molecule has 0 amide bonds. The van der Waals surface area contributed by atoms with Gasteiger partial charge in [0.1, 0.15) is 17.3 Å². The van der Waals surface area contributed by atoms with Gasteiger partial charge < -0.3 is 9.73 Å². The smallest absolute Gasteiger partial charge is 0.147 e. The Hall–Kier alpha value is -1.29. The number of furan rings is 1. The summed E-state index contributed by atoms with van der Waals surface area (Å²) in [4.78, 5) is 0. The minimum atomic E-state index is -0.267. The van der Waals surface area contributed by atoms with E-state index >= 15 is 0 Å². The molecule has 1 heterocycles. The van der Waals surface area contributed by atoms with Crippen molar-refractivity contribution in [2.24, 2.45) is 5.92 Å². The highest BCUT2D eigenvalue weighted by Crippen LogP contribution is 2.47. The van der Waals surface area contributed by atoms with Crippen molar-refractivity contribution in [3.8, 4) is 0 Å². The number of para-hydroxylation sites is 1. The van der Waals surface area contributed by atoms with Crippen molar-refractivity contribution in [3.05, 3.63) is 52.1 Å². The standard InChI is InChI=1S/C15H15BrFNO/c1-9-7-11(9)14-6-5-10(19-14)8-18-15-12(16)3-2-4-13(15)17/h2-6,9,11,18H,7-8H2,1H3. The molecule has 1 aromatic heterocycles. The van der Waals surface area contributed by atoms with Gasteiger partial charge in [-0.05, 0) is 52.5 Å². The Bertz CT molecular complexity index is 575. The third kappa shape index (κ3) is 2.68. The van der Waals surface area contributed by atoms with Crippen molar-refractivity contribution < 1.29 is 8.81 Å². The van der Waals surface area contributed by atoms with E-state index in [1.807, 2.05) is 18.2 Å². The van der Waals surface area contributed by atoms with Crippen LogP contribution in [-0.4, -0.2) is 0 Å². The van der Waals surface area contributed by atoms with Gasteiger partial charge in [-0.1, -0.05) is 13.0 Å². The van der Waals surface area contributed by atoms with E-state index in [0.29, 0.717) is 18.2 Å². The van der Waals surface area contributed by atoms with E-state index < -0.39 is 0 Å². The predicted octanol–water partition coefficient (Wildman–Crippen LogP) is 4.92. The molecule has 0 radical (unpaired) electrons. The minimum absolute atomic E-state index is 0.267. The Morgan fingerprint density at radius 1 is 1.37 bits per heavy atom. The van der Waals surface area contributed by atoms with Gasteiger partial charge in [-0.3, -0.25) is 0 Å². The lowest BCUT2D eigenvalue weighted by molar-refractivity contribution is 0.467. The second-order valence-corrected chi connectivity index (χ2v) is 5.93. The lowest BCUT2D eigenvalue weighted by atomic mass is 10.3. The van der Waals surface area contributed by atoms with Gasteiger partial charge in [0, 0.05) is 10.4 Å². The number of halogens is 2. The van der Waals surface area contributed by atoms with Crippen LogP contribution in [-0.2, 0) is 6.54 Å². The van der Waals surface area contributed by atoms with Crippen LogP contribution in [0.2, 0.25) is 0 Å². The highest BCUT2D eigenvalue weighted by Gasteiger charge is 2.36. The molecule has 0 saturated heterocycles. The molecule has 0 spiro atoms. The van der Waals surface area contributed by atoms with Gasteiger partial charge >= 0.3 is 0 Å². The van der Waals surface area contributed by atoms with Crippen molar-refractivity contribution in [2.75, 3.05) is 5.32 Å². The first kappa shape index (κ1) is 12.7. The SMILES string of the molecule is CC1CC1c1ccc(CNc2c(F)cccc2Br)o1. The zero-order valence-corrected chi connectivity index (χ0v) is 12.2. The highest BCUT2D eigenvalue weighted by molar-refractivity contribution is 9.10. The lowest BCUT2D eigenvalue weighted by Gasteiger charge is -2.07. The molecule has 2 nitrogen and oxygen atoms in total. The molecule has 2 aromatic rings. The van der Waals surface area contributed by atoms with Crippen molar-refractivity contribution >= 4 is 21.6 Å². The maximum Gasteiger partial charge on any atom is 0.147 e. The van der Waals surface area contributed by atoms with Gasteiger partial charge in [-0.2, -0.15) is 0 Å². The molecular formula is C15H15BrFNO. The molecule has 0 bridgehead atoms. The summed E-state index contributed by atoms with van der Waals surface area (Å²) in [6.45, 7) is 2.71. The average molecular weight is 324 g/mol. The van der Waals surface area contributed by atoms with Gasteiger partial charge in [0.2, 0.25) is 0 Å². The van der Waals surface area contributed by atoms with Crippen LogP contribution in [0.5, 0.6) is 0 Å². The number of anilines is 1. The molecule has 1 aromatic carbocycles. The van der Waals surface area contributed by atoms with E-state index in [1.54, 1.807) is 6.07 Å². The molecule has 2 atom stereocenters. The largest absolute Gasteiger partial charge is 0.464 e. The van der Waals surface area contributed by atoms with Gasteiger partial charge in [-0.15, -0.1) is 0 Å². The maximum atomic E-state index is 13.6. The van der Waals surface area contributed by atoms with E-state index in [1.165, 1.54) is 12.5 Å². The fourth-order valence-electron chi connectivity index (χ4n) is 2.25. The summed E-state index contributed by atoms with van der Waals surface area (Å²) in [7, 11) is 0. The fraction of sp³-hybridized carbons (Fsp3) is 0.333. The van der Waals surface area contributed by atoms with Gasteiger partial charge in [0.05, 0.1) is 12.2 Å². The van der Waals surface area contributed by atoms with Crippen LogP contribution in [0.1, 0.15) is 30.8 Å². The number of hydrogen-bond donors (Lipinski definition) is 1. The molecule has 2 unspecified atom stereocenters. The molecule has 1 saturated carbocycles. The summed E-state index contributed by atoms with van der Waals surface area (Å²) in [6, 6.07) is 8.91. The van der Waals surface area contributed by atoms with Crippen LogP contribution >= 0.6 is 15.9 Å². The molecule has 1 N–H and O–H groups in total. The zero-order valence-electron chi connectivity index (χ0n) is 10.6. The van der Waals surface area contributed by atoms with Crippen LogP contribution < -0.4 is 5.32 Å². The van der Waals surface area contributed by atoms with Crippen LogP contribution in [0.3, 0.4) is 0 Å². The summed E-state index contributed by atoms with van der Waals surface area (Å²) in [5, 5.41) is 3.07. The third-order valence-electron chi connectivity index (χ3n) is 3.56. The van der Waals surface area contributed by atoms with Crippen LogP contribution in [0.15, 0.2) is 39.2 Å². The molecule has 100 valence electrons. The quantitative estimate of drug-likeness (QED) is 0.864. The molecule has 19 heavy (non-hydrogen) atoms. The van der Waals surface area contributed by atoms with Gasteiger partial charge in [-0.25, -0.2) is 4.39 Å².